The minimum Gasteiger partial charge on any atom is -0.497 e. The van der Waals surface area contributed by atoms with Crippen molar-refractivity contribution in [3.05, 3.63) is 40.4 Å². The molecule has 6 heteroatoms. The molecule has 1 N–H and O–H groups in total. The topological polar surface area (TPSA) is 60.2 Å². The number of hydrogen-bond donors (Lipinski definition) is 1. The predicted molar refractivity (Wildman–Crippen MR) is 79.8 cm³/mol. The van der Waals surface area contributed by atoms with Crippen LogP contribution in [0.3, 0.4) is 0 Å². The van der Waals surface area contributed by atoms with Gasteiger partial charge in [-0.15, -0.1) is 0 Å². The van der Waals surface area contributed by atoms with Crippen LogP contribution in [0.15, 0.2) is 29.0 Å². The van der Waals surface area contributed by atoms with Crippen LogP contribution in [0.1, 0.15) is 37.4 Å². The van der Waals surface area contributed by atoms with Gasteiger partial charge in [0, 0.05) is 16.9 Å². The van der Waals surface area contributed by atoms with Crippen molar-refractivity contribution in [3.63, 3.8) is 0 Å². The highest BCUT2D eigenvalue weighted by Crippen LogP contribution is 2.29. The van der Waals surface area contributed by atoms with Gasteiger partial charge in [0.2, 0.25) is 0 Å². The maximum Gasteiger partial charge on any atom is 0.138 e. The molecule has 0 aliphatic carbocycles. The number of nitrogens with zero attached hydrogens (tertiary/aromatic N) is 3. The van der Waals surface area contributed by atoms with Crippen LogP contribution in [0.4, 0.5) is 0 Å². The lowest BCUT2D eigenvalue weighted by Crippen LogP contribution is -2.12. The van der Waals surface area contributed by atoms with E-state index in [0.717, 1.165) is 15.9 Å². The van der Waals surface area contributed by atoms with Crippen LogP contribution >= 0.6 is 15.9 Å². The average Bonchev–Trinajstić information content (AvgIpc) is 2.87. The molecule has 0 aliphatic rings. The van der Waals surface area contributed by atoms with Gasteiger partial charge < -0.3 is 9.84 Å². The molecular formula is C14H18BrN3O2. The molecular weight excluding hydrogens is 322 g/mol. The monoisotopic (exact) mass is 339 g/mol. The lowest BCUT2D eigenvalue weighted by molar-refractivity contribution is 0.172. The van der Waals surface area contributed by atoms with Crippen LogP contribution in [-0.4, -0.2) is 27.0 Å². The van der Waals surface area contributed by atoms with E-state index < -0.39 is 6.10 Å². The first-order chi connectivity index (χ1) is 9.52. The van der Waals surface area contributed by atoms with Gasteiger partial charge in [-0.25, -0.2) is 9.67 Å². The van der Waals surface area contributed by atoms with Crippen LogP contribution in [0.2, 0.25) is 0 Å². The van der Waals surface area contributed by atoms with Crippen molar-refractivity contribution in [2.24, 2.45) is 0 Å². The van der Waals surface area contributed by atoms with E-state index >= 15 is 0 Å². The summed E-state index contributed by atoms with van der Waals surface area (Å²) in [6.07, 6.45) is 1.26. The Labute approximate surface area is 126 Å². The average molecular weight is 340 g/mol. The third-order valence-corrected chi connectivity index (χ3v) is 3.80. The number of benzene rings is 1. The highest BCUT2D eigenvalue weighted by molar-refractivity contribution is 9.10. The molecule has 0 saturated heterocycles. The molecule has 0 saturated carbocycles. The van der Waals surface area contributed by atoms with Gasteiger partial charge in [0.05, 0.1) is 13.2 Å². The van der Waals surface area contributed by atoms with Crippen molar-refractivity contribution in [1.82, 2.24) is 14.8 Å². The van der Waals surface area contributed by atoms with Gasteiger partial charge in [0.1, 0.15) is 17.9 Å². The van der Waals surface area contributed by atoms with Crippen LogP contribution < -0.4 is 4.74 Å². The van der Waals surface area contributed by atoms with Crippen molar-refractivity contribution < 1.29 is 9.84 Å². The van der Waals surface area contributed by atoms with Gasteiger partial charge >= 0.3 is 0 Å². The summed E-state index contributed by atoms with van der Waals surface area (Å²) in [5.74, 6) is 1.48. The molecule has 20 heavy (non-hydrogen) atoms. The van der Waals surface area contributed by atoms with E-state index in [1.165, 1.54) is 6.33 Å². The number of aromatic nitrogens is 3. The molecule has 1 heterocycles. The molecule has 0 fully saturated rings. The van der Waals surface area contributed by atoms with E-state index in [0.29, 0.717) is 12.2 Å². The van der Waals surface area contributed by atoms with Gasteiger partial charge in [-0.3, -0.25) is 0 Å². The van der Waals surface area contributed by atoms with Crippen molar-refractivity contribution >= 4 is 15.9 Å². The summed E-state index contributed by atoms with van der Waals surface area (Å²) in [5, 5.41) is 14.6. The number of hydrogen-bond acceptors (Lipinski definition) is 4. The van der Waals surface area contributed by atoms with Crippen LogP contribution in [0.5, 0.6) is 5.75 Å². The Bertz CT molecular complexity index is 584. The third kappa shape index (κ3) is 3.19. The van der Waals surface area contributed by atoms with E-state index in [-0.39, 0.29) is 6.04 Å². The summed E-state index contributed by atoms with van der Waals surface area (Å²) >= 11 is 3.45. The Balaban J connectivity index is 2.23. The predicted octanol–water partition coefficient (Wildman–Crippen LogP) is 2.91. The van der Waals surface area contributed by atoms with Gasteiger partial charge in [-0.2, -0.15) is 5.10 Å². The van der Waals surface area contributed by atoms with E-state index in [2.05, 4.69) is 26.0 Å². The summed E-state index contributed by atoms with van der Waals surface area (Å²) in [4.78, 5) is 4.22. The Morgan fingerprint density at radius 3 is 2.80 bits per heavy atom. The molecule has 0 radical (unpaired) electrons. The van der Waals surface area contributed by atoms with Gasteiger partial charge in [-0.05, 0) is 37.6 Å². The summed E-state index contributed by atoms with van der Waals surface area (Å²) in [6, 6.07) is 5.75. The molecule has 0 spiro atoms. The molecule has 1 aromatic heterocycles. The molecule has 1 unspecified atom stereocenters. The normalized spacial score (nSPS) is 12.7. The molecule has 0 bridgehead atoms. The van der Waals surface area contributed by atoms with Crippen molar-refractivity contribution in [2.75, 3.05) is 7.11 Å². The molecule has 2 aromatic rings. The first-order valence-corrected chi connectivity index (χ1v) is 7.22. The molecule has 5 nitrogen and oxygen atoms in total. The zero-order chi connectivity index (χ0) is 14.7. The summed E-state index contributed by atoms with van der Waals surface area (Å²) in [7, 11) is 1.61. The minimum atomic E-state index is -0.666. The molecule has 1 aromatic carbocycles. The minimum absolute atomic E-state index is 0.216. The van der Waals surface area contributed by atoms with Crippen molar-refractivity contribution in [2.45, 2.75) is 32.4 Å². The standard InChI is InChI=1S/C14H18BrN3O2/c1-9(2)18-14(16-8-17-18)7-13(19)11-6-10(20-3)4-5-12(11)15/h4-6,8-9,13,19H,7H2,1-3H3. The molecule has 0 aliphatic heterocycles. The largest absolute Gasteiger partial charge is 0.497 e. The molecule has 0 amide bonds. The lowest BCUT2D eigenvalue weighted by atomic mass is 10.1. The summed E-state index contributed by atoms with van der Waals surface area (Å²) in [6.45, 7) is 4.07. The molecule has 2 rings (SSSR count). The molecule has 1 atom stereocenters. The zero-order valence-electron chi connectivity index (χ0n) is 11.7. The van der Waals surface area contributed by atoms with Crippen molar-refractivity contribution in [3.8, 4) is 5.75 Å². The van der Waals surface area contributed by atoms with Gasteiger partial charge in [-0.1, -0.05) is 15.9 Å². The highest BCUT2D eigenvalue weighted by atomic mass is 79.9. The second kappa shape index (κ2) is 6.37. The highest BCUT2D eigenvalue weighted by Gasteiger charge is 2.17. The molecule has 108 valence electrons. The van der Waals surface area contributed by atoms with Crippen LogP contribution in [0, 0.1) is 0 Å². The lowest BCUT2D eigenvalue weighted by Gasteiger charge is -2.15. The zero-order valence-corrected chi connectivity index (χ0v) is 13.3. The number of halogens is 1. The maximum atomic E-state index is 10.4. The number of methoxy groups -OCH3 is 1. The van der Waals surface area contributed by atoms with Crippen LogP contribution in [0.25, 0.3) is 0 Å². The quantitative estimate of drug-likeness (QED) is 0.909. The van der Waals surface area contributed by atoms with E-state index in [9.17, 15) is 5.11 Å². The van der Waals surface area contributed by atoms with E-state index in [1.807, 2.05) is 36.7 Å². The Morgan fingerprint density at radius 2 is 2.15 bits per heavy atom. The number of rotatable bonds is 5. The van der Waals surface area contributed by atoms with E-state index in [4.69, 9.17) is 4.74 Å². The Kier molecular flexibility index (Phi) is 4.77. The number of ether oxygens (including phenoxy) is 1. The Morgan fingerprint density at radius 1 is 1.40 bits per heavy atom. The fourth-order valence-electron chi connectivity index (χ4n) is 2.04. The smallest absolute Gasteiger partial charge is 0.138 e. The second-order valence-corrected chi connectivity index (χ2v) is 5.68. The summed E-state index contributed by atoms with van der Waals surface area (Å²) in [5.41, 5.74) is 0.780. The third-order valence-electron chi connectivity index (χ3n) is 3.07. The second-order valence-electron chi connectivity index (χ2n) is 4.82. The number of aliphatic hydroxyl groups is 1. The first kappa shape index (κ1) is 15.0. The first-order valence-electron chi connectivity index (χ1n) is 6.42. The number of aliphatic hydroxyl groups excluding tert-OH is 1. The summed E-state index contributed by atoms with van der Waals surface area (Å²) < 4.78 is 7.86. The SMILES string of the molecule is COc1ccc(Br)c(C(O)Cc2ncnn2C(C)C)c1. The fraction of sp³-hybridized carbons (Fsp3) is 0.429. The Hall–Kier alpha value is -1.40. The van der Waals surface area contributed by atoms with Crippen molar-refractivity contribution in [1.29, 1.82) is 0 Å². The van der Waals surface area contributed by atoms with Gasteiger partial charge in [0.15, 0.2) is 0 Å². The van der Waals surface area contributed by atoms with E-state index in [1.54, 1.807) is 7.11 Å². The fourth-order valence-corrected chi connectivity index (χ4v) is 2.55. The van der Waals surface area contributed by atoms with Gasteiger partial charge in [0.25, 0.3) is 0 Å². The van der Waals surface area contributed by atoms with Crippen LogP contribution in [-0.2, 0) is 6.42 Å². The maximum absolute atomic E-state index is 10.4.